The predicted octanol–water partition coefficient (Wildman–Crippen LogP) is 4.84. The summed E-state index contributed by atoms with van der Waals surface area (Å²) < 4.78 is 0. The van der Waals surface area contributed by atoms with Crippen LogP contribution in [-0.4, -0.2) is 23.3 Å². The van der Waals surface area contributed by atoms with Gasteiger partial charge in [0.05, 0.1) is 11.8 Å². The molecule has 0 atom stereocenters. The van der Waals surface area contributed by atoms with E-state index in [0.717, 1.165) is 21.5 Å². The van der Waals surface area contributed by atoms with Crippen LogP contribution >= 0.6 is 23.2 Å². The van der Waals surface area contributed by atoms with Crippen molar-refractivity contribution in [3.05, 3.63) is 59.7 Å². The van der Waals surface area contributed by atoms with Gasteiger partial charge in [-0.25, -0.2) is 0 Å². The van der Waals surface area contributed by atoms with E-state index in [1.807, 2.05) is 36.4 Å². The fourth-order valence-electron chi connectivity index (χ4n) is 2.77. The van der Waals surface area contributed by atoms with Gasteiger partial charge in [0, 0.05) is 11.1 Å². The Balaban J connectivity index is 2.50. The van der Waals surface area contributed by atoms with Gasteiger partial charge in [0.25, 0.3) is 0 Å². The molecule has 0 fully saturated rings. The Labute approximate surface area is 137 Å². The Kier molecular flexibility index (Phi) is 4.14. The second kappa shape index (κ2) is 6.07. The Bertz CT molecular complexity index is 900. The molecule has 0 N–H and O–H groups in total. The van der Waals surface area contributed by atoms with E-state index in [1.165, 1.54) is 0 Å². The summed E-state index contributed by atoms with van der Waals surface area (Å²) in [6.07, 6.45) is 0. The van der Waals surface area contributed by atoms with E-state index >= 15 is 0 Å². The van der Waals surface area contributed by atoms with Gasteiger partial charge in [-0.3, -0.25) is 9.59 Å². The van der Waals surface area contributed by atoms with Crippen LogP contribution in [0.4, 0.5) is 0 Å². The first-order chi connectivity index (χ1) is 10.7. The van der Waals surface area contributed by atoms with E-state index in [9.17, 15) is 9.59 Å². The smallest absolute Gasteiger partial charge is 0.178 e. The molecule has 0 amide bonds. The molecule has 2 nitrogen and oxygen atoms in total. The summed E-state index contributed by atoms with van der Waals surface area (Å²) in [5, 5.41) is 3.22. The van der Waals surface area contributed by atoms with Gasteiger partial charge in [-0.2, -0.15) is 0 Å². The van der Waals surface area contributed by atoms with Crippen LogP contribution in [0.15, 0.2) is 48.5 Å². The van der Waals surface area contributed by atoms with E-state index in [4.69, 9.17) is 23.2 Å². The molecule has 0 unspecified atom stereocenters. The Morgan fingerprint density at radius 3 is 2.18 bits per heavy atom. The van der Waals surface area contributed by atoms with Gasteiger partial charge in [0.15, 0.2) is 11.6 Å². The monoisotopic (exact) mass is 330 g/mol. The summed E-state index contributed by atoms with van der Waals surface area (Å²) in [6, 6.07) is 14.9. The molecular weight excluding hydrogens is 319 g/mol. The molecule has 0 radical (unpaired) electrons. The van der Waals surface area contributed by atoms with Crippen molar-refractivity contribution in [1.82, 2.24) is 0 Å². The number of alkyl halides is 2. The molecule has 0 saturated heterocycles. The quantitative estimate of drug-likeness (QED) is 0.390. The van der Waals surface area contributed by atoms with Crippen LogP contribution in [0.3, 0.4) is 0 Å². The lowest BCUT2D eigenvalue weighted by Gasteiger charge is -2.12. The van der Waals surface area contributed by atoms with Gasteiger partial charge < -0.3 is 0 Å². The molecule has 3 aromatic rings. The third kappa shape index (κ3) is 2.39. The summed E-state index contributed by atoms with van der Waals surface area (Å²) in [4.78, 5) is 24.4. The van der Waals surface area contributed by atoms with Crippen LogP contribution < -0.4 is 0 Å². The first-order valence-electron chi connectivity index (χ1n) is 6.80. The number of hydrogen-bond acceptors (Lipinski definition) is 2. The average Bonchev–Trinajstić information content (AvgIpc) is 2.57. The summed E-state index contributed by atoms with van der Waals surface area (Å²) in [7, 11) is 0. The summed E-state index contributed by atoms with van der Waals surface area (Å²) >= 11 is 11.5. The van der Waals surface area contributed by atoms with Crippen LogP contribution in [0, 0.1) is 0 Å². The molecule has 22 heavy (non-hydrogen) atoms. The van der Waals surface area contributed by atoms with Crippen molar-refractivity contribution in [2.75, 3.05) is 11.8 Å². The fraction of sp³-hybridized carbons (Fsp3) is 0.111. The Hall–Kier alpha value is -1.90. The zero-order chi connectivity index (χ0) is 15.7. The lowest BCUT2D eigenvalue weighted by atomic mass is 9.91. The van der Waals surface area contributed by atoms with Crippen LogP contribution in [0.25, 0.3) is 21.5 Å². The van der Waals surface area contributed by atoms with E-state index in [-0.39, 0.29) is 23.3 Å². The highest BCUT2D eigenvalue weighted by molar-refractivity contribution is 6.36. The number of fused-ring (bicyclic) bond motifs is 2. The van der Waals surface area contributed by atoms with Crippen molar-refractivity contribution >= 4 is 56.3 Å². The van der Waals surface area contributed by atoms with Crippen molar-refractivity contribution in [3.8, 4) is 0 Å². The molecule has 0 spiro atoms. The van der Waals surface area contributed by atoms with Crippen molar-refractivity contribution in [3.63, 3.8) is 0 Å². The summed E-state index contributed by atoms with van der Waals surface area (Å²) in [6.45, 7) is 0. The number of hydrogen-bond donors (Lipinski definition) is 0. The van der Waals surface area contributed by atoms with Gasteiger partial charge in [0.1, 0.15) is 0 Å². The minimum Gasteiger partial charge on any atom is -0.293 e. The minimum atomic E-state index is -0.160. The van der Waals surface area contributed by atoms with Gasteiger partial charge in [-0.1, -0.05) is 42.5 Å². The molecule has 0 aliphatic heterocycles. The maximum Gasteiger partial charge on any atom is 0.178 e. The molecular formula is C18H12Cl2O2. The molecule has 0 aliphatic rings. The second-order valence-corrected chi connectivity index (χ2v) is 5.52. The highest BCUT2D eigenvalue weighted by Gasteiger charge is 2.17. The van der Waals surface area contributed by atoms with E-state index in [0.29, 0.717) is 11.1 Å². The third-order valence-corrected chi connectivity index (χ3v) is 4.21. The second-order valence-electron chi connectivity index (χ2n) is 4.99. The topological polar surface area (TPSA) is 34.1 Å². The number of benzene rings is 3. The molecule has 0 saturated carbocycles. The van der Waals surface area contributed by atoms with Crippen molar-refractivity contribution in [2.24, 2.45) is 0 Å². The van der Waals surface area contributed by atoms with Gasteiger partial charge in [0.2, 0.25) is 0 Å². The number of rotatable bonds is 4. The zero-order valence-corrected chi connectivity index (χ0v) is 13.1. The summed E-state index contributed by atoms with van der Waals surface area (Å²) in [5.41, 5.74) is 1.09. The zero-order valence-electron chi connectivity index (χ0n) is 11.6. The van der Waals surface area contributed by atoms with Crippen LogP contribution in [-0.2, 0) is 0 Å². The van der Waals surface area contributed by atoms with E-state index < -0.39 is 0 Å². The average molecular weight is 331 g/mol. The highest BCUT2D eigenvalue weighted by Crippen LogP contribution is 2.31. The van der Waals surface area contributed by atoms with Crippen LogP contribution in [0.1, 0.15) is 20.7 Å². The fourth-order valence-corrected chi connectivity index (χ4v) is 3.05. The van der Waals surface area contributed by atoms with E-state index in [1.54, 1.807) is 12.1 Å². The maximum atomic E-state index is 12.3. The Morgan fingerprint density at radius 1 is 0.773 bits per heavy atom. The highest BCUT2D eigenvalue weighted by atomic mass is 35.5. The number of Topliss-reactive ketones (excluding diaryl/α,β-unsaturated/α-hetero) is 2. The Morgan fingerprint density at radius 2 is 1.45 bits per heavy atom. The van der Waals surface area contributed by atoms with Crippen LogP contribution in [0.2, 0.25) is 0 Å². The van der Waals surface area contributed by atoms with Crippen molar-refractivity contribution in [2.45, 2.75) is 0 Å². The van der Waals surface area contributed by atoms with Crippen molar-refractivity contribution in [1.29, 1.82) is 0 Å². The lowest BCUT2D eigenvalue weighted by molar-refractivity contribution is 0.101. The number of carbonyl (C=O) groups excluding carboxylic acids is 2. The number of halogens is 2. The van der Waals surface area contributed by atoms with Gasteiger partial charge >= 0.3 is 0 Å². The molecule has 3 aromatic carbocycles. The van der Waals surface area contributed by atoms with Crippen molar-refractivity contribution < 1.29 is 9.59 Å². The molecule has 0 aliphatic carbocycles. The molecule has 3 rings (SSSR count). The molecule has 0 bridgehead atoms. The predicted molar refractivity (Wildman–Crippen MR) is 91.6 cm³/mol. The SMILES string of the molecule is O=C(CCl)c1cccc2c(C(=O)CCl)c3ccccc3cc12. The minimum absolute atomic E-state index is 0.0925. The third-order valence-electron chi connectivity index (χ3n) is 3.73. The number of carbonyl (C=O) groups is 2. The van der Waals surface area contributed by atoms with Crippen LogP contribution in [0.5, 0.6) is 0 Å². The molecule has 0 aromatic heterocycles. The normalized spacial score (nSPS) is 11.0. The van der Waals surface area contributed by atoms with Gasteiger partial charge in [-0.15, -0.1) is 23.2 Å². The standard InChI is InChI=1S/C18H12Cl2O2/c19-9-16(21)13-6-3-7-14-15(13)8-11-4-1-2-5-12(11)18(14)17(22)10-20/h1-8H,9-10H2. The van der Waals surface area contributed by atoms with E-state index in [2.05, 4.69) is 0 Å². The largest absolute Gasteiger partial charge is 0.293 e. The van der Waals surface area contributed by atoms with Gasteiger partial charge in [-0.05, 0) is 27.6 Å². The molecule has 110 valence electrons. The number of ketones is 2. The lowest BCUT2D eigenvalue weighted by Crippen LogP contribution is -2.06. The summed E-state index contributed by atoms with van der Waals surface area (Å²) in [5.74, 6) is -0.507. The maximum absolute atomic E-state index is 12.3. The first kappa shape index (κ1) is 15.0. The molecule has 0 heterocycles. The first-order valence-corrected chi connectivity index (χ1v) is 7.87. The molecule has 4 heteroatoms.